The van der Waals surface area contributed by atoms with Crippen LogP contribution in [-0.4, -0.2) is 22.6 Å². The maximum absolute atomic E-state index is 6.04. The highest BCUT2D eigenvalue weighted by Crippen LogP contribution is 2.14. The zero-order chi connectivity index (χ0) is 13.7. The third-order valence-corrected chi connectivity index (χ3v) is 2.76. The van der Waals surface area contributed by atoms with Crippen LogP contribution in [0.2, 0.25) is 0 Å². The van der Waals surface area contributed by atoms with Gasteiger partial charge in [0.1, 0.15) is 0 Å². The maximum Gasteiger partial charge on any atom is 0.223 e. The summed E-state index contributed by atoms with van der Waals surface area (Å²) in [6.45, 7) is 11.3. The molecule has 0 spiro atoms. The van der Waals surface area contributed by atoms with Gasteiger partial charge in [0.25, 0.3) is 0 Å². The Labute approximate surface area is 110 Å². The molecule has 4 heteroatoms. The molecule has 0 bridgehead atoms. The van der Waals surface area contributed by atoms with Crippen LogP contribution in [0, 0.1) is 12.8 Å². The van der Waals surface area contributed by atoms with Crippen LogP contribution in [0.25, 0.3) is 0 Å². The minimum absolute atomic E-state index is 0.150. The average molecular weight is 250 g/mol. The Balaban J connectivity index is 2.62. The van der Waals surface area contributed by atoms with E-state index in [-0.39, 0.29) is 6.04 Å². The van der Waals surface area contributed by atoms with Gasteiger partial charge in [0.05, 0.1) is 0 Å². The van der Waals surface area contributed by atoms with Gasteiger partial charge in [-0.1, -0.05) is 27.7 Å². The molecule has 0 fully saturated rings. The fourth-order valence-electron chi connectivity index (χ4n) is 1.88. The standard InChI is InChI=1S/C14H26N4/c1-9(2)6-12(15)8-16-14-17-11(5)7-13(18-14)10(3)4/h7,9-10,12H,6,8,15H2,1-5H3,(H,16,17,18). The molecule has 0 aromatic carbocycles. The van der Waals surface area contributed by atoms with E-state index in [2.05, 4.69) is 43.0 Å². The average Bonchev–Trinajstić information content (AvgIpc) is 2.24. The first kappa shape index (κ1) is 14.9. The van der Waals surface area contributed by atoms with Crippen LogP contribution < -0.4 is 11.1 Å². The molecule has 18 heavy (non-hydrogen) atoms. The maximum atomic E-state index is 6.04. The van der Waals surface area contributed by atoms with Crippen molar-refractivity contribution in [1.29, 1.82) is 0 Å². The summed E-state index contributed by atoms with van der Waals surface area (Å²) in [5, 5.41) is 3.24. The van der Waals surface area contributed by atoms with Crippen molar-refractivity contribution in [2.24, 2.45) is 11.7 Å². The lowest BCUT2D eigenvalue weighted by atomic mass is 10.0. The largest absolute Gasteiger partial charge is 0.353 e. The number of nitrogens with two attached hydrogens (primary N) is 1. The quantitative estimate of drug-likeness (QED) is 0.814. The van der Waals surface area contributed by atoms with Gasteiger partial charge in [0.2, 0.25) is 5.95 Å². The molecule has 1 rings (SSSR count). The summed E-state index contributed by atoms with van der Waals surface area (Å²) >= 11 is 0. The molecule has 1 heterocycles. The number of nitrogens with zero attached hydrogens (tertiary/aromatic N) is 2. The van der Waals surface area contributed by atoms with Crippen molar-refractivity contribution in [3.63, 3.8) is 0 Å². The number of aromatic nitrogens is 2. The molecule has 4 nitrogen and oxygen atoms in total. The SMILES string of the molecule is Cc1cc(C(C)C)nc(NCC(N)CC(C)C)n1. The molecule has 0 radical (unpaired) electrons. The Morgan fingerprint density at radius 2 is 1.89 bits per heavy atom. The van der Waals surface area contributed by atoms with Gasteiger partial charge in [-0.15, -0.1) is 0 Å². The number of rotatable bonds is 6. The van der Waals surface area contributed by atoms with Crippen LogP contribution in [-0.2, 0) is 0 Å². The molecule has 0 aliphatic carbocycles. The van der Waals surface area contributed by atoms with Gasteiger partial charge in [-0.05, 0) is 31.2 Å². The highest BCUT2D eigenvalue weighted by atomic mass is 15.1. The van der Waals surface area contributed by atoms with Crippen molar-refractivity contribution >= 4 is 5.95 Å². The number of hydrogen-bond acceptors (Lipinski definition) is 4. The van der Waals surface area contributed by atoms with Crippen molar-refractivity contribution < 1.29 is 0 Å². The molecule has 1 unspecified atom stereocenters. The summed E-state index contributed by atoms with van der Waals surface area (Å²) in [4.78, 5) is 8.90. The molecule has 1 aromatic heterocycles. The molecule has 0 saturated carbocycles. The first-order valence-electron chi connectivity index (χ1n) is 6.73. The number of anilines is 1. The molecule has 0 aliphatic rings. The van der Waals surface area contributed by atoms with E-state index in [0.29, 0.717) is 17.8 Å². The normalized spacial score (nSPS) is 13.1. The summed E-state index contributed by atoms with van der Waals surface area (Å²) < 4.78 is 0. The van der Waals surface area contributed by atoms with Crippen molar-refractivity contribution in [3.8, 4) is 0 Å². The van der Waals surface area contributed by atoms with Crippen LogP contribution in [0.5, 0.6) is 0 Å². The van der Waals surface area contributed by atoms with E-state index in [1.165, 1.54) is 0 Å². The fraction of sp³-hybridized carbons (Fsp3) is 0.714. The van der Waals surface area contributed by atoms with E-state index >= 15 is 0 Å². The summed E-state index contributed by atoms with van der Waals surface area (Å²) in [6, 6.07) is 2.18. The smallest absolute Gasteiger partial charge is 0.223 e. The van der Waals surface area contributed by atoms with E-state index < -0.39 is 0 Å². The van der Waals surface area contributed by atoms with Crippen LogP contribution in [0.3, 0.4) is 0 Å². The molecule has 0 amide bonds. The molecule has 3 N–H and O–H groups in total. The zero-order valence-corrected chi connectivity index (χ0v) is 12.2. The Hall–Kier alpha value is -1.16. The van der Waals surface area contributed by atoms with E-state index in [9.17, 15) is 0 Å². The van der Waals surface area contributed by atoms with Crippen LogP contribution in [0.1, 0.15) is 51.4 Å². The number of nitrogens with one attached hydrogen (secondary N) is 1. The second kappa shape index (κ2) is 6.69. The molecular weight excluding hydrogens is 224 g/mol. The third-order valence-electron chi connectivity index (χ3n) is 2.76. The van der Waals surface area contributed by atoms with Gasteiger partial charge in [-0.3, -0.25) is 0 Å². The van der Waals surface area contributed by atoms with E-state index in [0.717, 1.165) is 24.4 Å². The Morgan fingerprint density at radius 3 is 2.44 bits per heavy atom. The third kappa shape index (κ3) is 5.00. The first-order chi connectivity index (χ1) is 8.38. The lowest BCUT2D eigenvalue weighted by molar-refractivity contribution is 0.507. The first-order valence-corrected chi connectivity index (χ1v) is 6.73. The van der Waals surface area contributed by atoms with Crippen LogP contribution in [0.15, 0.2) is 6.07 Å². The fourth-order valence-corrected chi connectivity index (χ4v) is 1.88. The van der Waals surface area contributed by atoms with Crippen molar-refractivity contribution in [3.05, 3.63) is 17.5 Å². The Kier molecular flexibility index (Phi) is 5.54. The highest BCUT2D eigenvalue weighted by molar-refractivity contribution is 5.29. The topological polar surface area (TPSA) is 63.8 Å². The molecule has 1 atom stereocenters. The van der Waals surface area contributed by atoms with Gasteiger partial charge in [-0.25, -0.2) is 9.97 Å². The van der Waals surface area contributed by atoms with Gasteiger partial charge >= 0.3 is 0 Å². The summed E-state index contributed by atoms with van der Waals surface area (Å²) in [6.07, 6.45) is 1.01. The minimum atomic E-state index is 0.150. The number of aryl methyl sites for hydroxylation is 1. The highest BCUT2D eigenvalue weighted by Gasteiger charge is 2.08. The van der Waals surface area contributed by atoms with Crippen LogP contribution in [0.4, 0.5) is 5.95 Å². The van der Waals surface area contributed by atoms with Crippen molar-refractivity contribution in [2.45, 2.75) is 53.0 Å². The lowest BCUT2D eigenvalue weighted by Crippen LogP contribution is -2.31. The minimum Gasteiger partial charge on any atom is -0.353 e. The predicted molar refractivity (Wildman–Crippen MR) is 76.8 cm³/mol. The molecule has 0 saturated heterocycles. The number of hydrogen-bond donors (Lipinski definition) is 2. The lowest BCUT2D eigenvalue weighted by Gasteiger charge is -2.15. The van der Waals surface area contributed by atoms with Crippen molar-refractivity contribution in [2.75, 3.05) is 11.9 Å². The van der Waals surface area contributed by atoms with Crippen LogP contribution >= 0.6 is 0 Å². The molecule has 102 valence electrons. The van der Waals surface area contributed by atoms with E-state index in [1.54, 1.807) is 0 Å². The van der Waals surface area contributed by atoms with E-state index in [1.807, 2.05) is 13.0 Å². The van der Waals surface area contributed by atoms with Gasteiger partial charge in [-0.2, -0.15) is 0 Å². The summed E-state index contributed by atoms with van der Waals surface area (Å²) in [7, 11) is 0. The second-order valence-electron chi connectivity index (χ2n) is 5.68. The van der Waals surface area contributed by atoms with Gasteiger partial charge in [0.15, 0.2) is 0 Å². The molecule has 1 aromatic rings. The Morgan fingerprint density at radius 1 is 1.22 bits per heavy atom. The summed E-state index contributed by atoms with van der Waals surface area (Å²) in [5.41, 5.74) is 8.11. The zero-order valence-electron chi connectivity index (χ0n) is 12.2. The Bertz CT molecular complexity index is 374. The van der Waals surface area contributed by atoms with Crippen molar-refractivity contribution in [1.82, 2.24) is 9.97 Å². The summed E-state index contributed by atoms with van der Waals surface area (Å²) in [5.74, 6) is 1.72. The molecule has 0 aliphatic heterocycles. The predicted octanol–water partition coefficient (Wildman–Crippen LogP) is 2.69. The second-order valence-corrected chi connectivity index (χ2v) is 5.68. The monoisotopic (exact) mass is 250 g/mol. The van der Waals surface area contributed by atoms with Gasteiger partial charge < -0.3 is 11.1 Å². The molecular formula is C14H26N4. The van der Waals surface area contributed by atoms with Gasteiger partial charge in [0, 0.05) is 24.0 Å². The van der Waals surface area contributed by atoms with E-state index in [4.69, 9.17) is 5.73 Å².